The second-order valence-electron chi connectivity index (χ2n) is 19.1. The molecule has 0 aliphatic rings. The number of carbonyl (C=O) groups is 3. The summed E-state index contributed by atoms with van der Waals surface area (Å²) in [6, 6.07) is -0.864. The van der Waals surface area contributed by atoms with E-state index in [4.69, 9.17) is 9.47 Å². The van der Waals surface area contributed by atoms with E-state index in [-0.39, 0.29) is 30.8 Å². The quantitative estimate of drug-likeness (QED) is 0.0372. The minimum atomic E-state index is -0.864. The van der Waals surface area contributed by atoms with Gasteiger partial charge in [-0.05, 0) is 130 Å². The summed E-state index contributed by atoms with van der Waals surface area (Å²) in [4.78, 5) is 41.6. The zero-order valence-corrected chi connectivity index (χ0v) is 43.1. The highest BCUT2D eigenvalue weighted by Gasteiger charge is 2.26. The molecule has 0 rings (SSSR count). The number of esters is 2. The van der Waals surface area contributed by atoms with Gasteiger partial charge in [-0.3, -0.25) is 9.59 Å². The van der Waals surface area contributed by atoms with Crippen LogP contribution in [0.2, 0.25) is 0 Å². The molecule has 1 N–H and O–H groups in total. The van der Waals surface area contributed by atoms with Gasteiger partial charge in [0.15, 0.2) is 0 Å². The fourth-order valence-electron chi connectivity index (χ4n) is 8.10. The first kappa shape index (κ1) is 61.6. The van der Waals surface area contributed by atoms with Crippen molar-refractivity contribution in [2.24, 2.45) is 0 Å². The highest BCUT2D eigenvalue weighted by molar-refractivity contribution is 5.85. The van der Waals surface area contributed by atoms with Gasteiger partial charge in [-0.25, -0.2) is 4.79 Å². The maximum absolute atomic E-state index is 13.8. The molecule has 7 nitrogen and oxygen atoms in total. The number of hydrogen-bond donors (Lipinski definition) is 1. The molecule has 64 heavy (non-hydrogen) atoms. The standard InChI is InChI=1S/C57H106N2O5/c1-6-9-12-15-18-20-22-24-26-28-30-32-34-37-40-43-47-53(46-42-39-36-17-14-11-8-3)64-57(62)54(58-55(60)48-45-51-59(4)5)49-50-56(61)63-52-44-41-38-35-33-31-29-27-25-23-21-19-16-13-10-7-2/h24-27,36,39,53-54H,6-23,28-35,37-38,40-52H2,1-5H3,(H,58,60)/b26-24-,27-25-,39-36-/t53?,54-/m0/s1. The van der Waals surface area contributed by atoms with Crippen molar-refractivity contribution < 1.29 is 23.9 Å². The smallest absolute Gasteiger partial charge is 0.328 e. The maximum atomic E-state index is 13.8. The number of nitrogens with one attached hydrogen (secondary N) is 1. The number of allylic oxidation sites excluding steroid dienone is 6. The molecule has 1 unspecified atom stereocenters. The van der Waals surface area contributed by atoms with Gasteiger partial charge >= 0.3 is 11.9 Å². The Kier molecular flexibility index (Phi) is 48.1. The highest BCUT2D eigenvalue weighted by atomic mass is 16.5. The zero-order chi connectivity index (χ0) is 46.8. The number of ether oxygens (including phenoxy) is 2. The number of rotatable bonds is 49. The Morgan fingerprint density at radius 1 is 0.453 bits per heavy atom. The second-order valence-corrected chi connectivity index (χ2v) is 19.1. The van der Waals surface area contributed by atoms with Gasteiger partial charge in [0.2, 0.25) is 5.91 Å². The van der Waals surface area contributed by atoms with Gasteiger partial charge in [-0.1, -0.05) is 186 Å². The van der Waals surface area contributed by atoms with Crippen molar-refractivity contribution in [2.75, 3.05) is 27.2 Å². The van der Waals surface area contributed by atoms with E-state index in [0.29, 0.717) is 19.4 Å². The maximum Gasteiger partial charge on any atom is 0.328 e. The predicted octanol–water partition coefficient (Wildman–Crippen LogP) is 16.4. The predicted molar refractivity (Wildman–Crippen MR) is 276 cm³/mol. The third-order valence-electron chi connectivity index (χ3n) is 12.3. The first-order valence-electron chi connectivity index (χ1n) is 27.6. The molecule has 0 aromatic carbocycles. The van der Waals surface area contributed by atoms with Crippen LogP contribution in [-0.2, 0) is 23.9 Å². The lowest BCUT2D eigenvalue weighted by Gasteiger charge is -2.23. The number of hydrogen-bond acceptors (Lipinski definition) is 6. The molecule has 0 saturated heterocycles. The van der Waals surface area contributed by atoms with Crippen LogP contribution in [-0.4, -0.2) is 62.1 Å². The number of amides is 1. The molecule has 0 aromatic heterocycles. The Morgan fingerprint density at radius 3 is 1.34 bits per heavy atom. The van der Waals surface area contributed by atoms with Gasteiger partial charge < -0.3 is 19.7 Å². The van der Waals surface area contributed by atoms with Crippen LogP contribution in [0.5, 0.6) is 0 Å². The van der Waals surface area contributed by atoms with E-state index in [1.165, 1.54) is 167 Å². The van der Waals surface area contributed by atoms with Gasteiger partial charge in [0.05, 0.1) is 6.61 Å². The molecule has 0 heterocycles. The van der Waals surface area contributed by atoms with E-state index in [9.17, 15) is 14.4 Å². The number of unbranched alkanes of at least 4 members (excludes halogenated alkanes) is 27. The van der Waals surface area contributed by atoms with Crippen molar-refractivity contribution in [1.82, 2.24) is 10.2 Å². The van der Waals surface area contributed by atoms with Crippen LogP contribution in [0.3, 0.4) is 0 Å². The zero-order valence-electron chi connectivity index (χ0n) is 43.1. The van der Waals surface area contributed by atoms with Crippen LogP contribution in [0.4, 0.5) is 0 Å². The second kappa shape index (κ2) is 50.0. The molecule has 0 aliphatic carbocycles. The topological polar surface area (TPSA) is 84.9 Å². The molecule has 0 bridgehead atoms. The molecule has 374 valence electrons. The van der Waals surface area contributed by atoms with Crippen LogP contribution in [0, 0.1) is 0 Å². The SMILES string of the molecule is CCCCC/C=C\CCC(CCCCCCCC/C=C\CCCCCCCC)OC(=O)[C@H](CCC(=O)OCCCCCCCC/C=C\CCCCCCCC)NC(=O)CCCN(C)C. The summed E-state index contributed by atoms with van der Waals surface area (Å²) in [5.41, 5.74) is 0. The fourth-order valence-corrected chi connectivity index (χ4v) is 8.10. The molecule has 2 atom stereocenters. The van der Waals surface area contributed by atoms with Gasteiger partial charge in [0, 0.05) is 12.8 Å². The normalized spacial score (nSPS) is 12.8. The lowest BCUT2D eigenvalue weighted by atomic mass is 10.0. The van der Waals surface area contributed by atoms with E-state index >= 15 is 0 Å². The van der Waals surface area contributed by atoms with Crippen molar-refractivity contribution >= 4 is 17.8 Å². The van der Waals surface area contributed by atoms with Crippen LogP contribution in [0.1, 0.15) is 271 Å². The Morgan fingerprint density at radius 2 is 0.859 bits per heavy atom. The largest absolute Gasteiger partial charge is 0.466 e. The fraction of sp³-hybridized carbons (Fsp3) is 0.842. The van der Waals surface area contributed by atoms with Gasteiger partial charge in [-0.15, -0.1) is 0 Å². The van der Waals surface area contributed by atoms with E-state index in [0.717, 1.165) is 64.3 Å². The summed E-state index contributed by atoms with van der Waals surface area (Å²) >= 11 is 0. The molecule has 0 aliphatic heterocycles. The Bertz CT molecular complexity index is 1120. The van der Waals surface area contributed by atoms with Crippen molar-refractivity contribution in [3.63, 3.8) is 0 Å². The molecular weight excluding hydrogens is 793 g/mol. The minimum Gasteiger partial charge on any atom is -0.466 e. The lowest BCUT2D eigenvalue weighted by Crippen LogP contribution is -2.43. The Labute approximate surface area is 397 Å². The minimum absolute atomic E-state index is 0.0736. The van der Waals surface area contributed by atoms with Crippen molar-refractivity contribution in [3.05, 3.63) is 36.5 Å². The first-order valence-corrected chi connectivity index (χ1v) is 27.6. The van der Waals surface area contributed by atoms with Crippen molar-refractivity contribution in [2.45, 2.75) is 283 Å². The van der Waals surface area contributed by atoms with Crippen LogP contribution in [0.25, 0.3) is 0 Å². The summed E-state index contributed by atoms with van der Waals surface area (Å²) < 4.78 is 11.8. The molecule has 0 fully saturated rings. The number of carbonyl (C=O) groups excluding carboxylic acids is 3. The first-order chi connectivity index (χ1) is 31.3. The lowest BCUT2D eigenvalue weighted by molar-refractivity contribution is -0.154. The van der Waals surface area contributed by atoms with Gasteiger partial charge in [-0.2, -0.15) is 0 Å². The molecule has 0 radical (unpaired) electrons. The van der Waals surface area contributed by atoms with Gasteiger partial charge in [0.1, 0.15) is 12.1 Å². The van der Waals surface area contributed by atoms with E-state index in [1.807, 2.05) is 19.0 Å². The van der Waals surface area contributed by atoms with E-state index in [2.05, 4.69) is 62.5 Å². The van der Waals surface area contributed by atoms with Crippen LogP contribution < -0.4 is 5.32 Å². The summed E-state index contributed by atoms with van der Waals surface area (Å²) in [6.45, 7) is 7.95. The summed E-state index contributed by atoms with van der Waals surface area (Å²) in [7, 11) is 3.97. The average Bonchev–Trinajstić information content (AvgIpc) is 3.28. The molecule has 0 spiro atoms. The third kappa shape index (κ3) is 46.1. The van der Waals surface area contributed by atoms with E-state index < -0.39 is 12.0 Å². The van der Waals surface area contributed by atoms with Crippen molar-refractivity contribution in [3.8, 4) is 0 Å². The Hall–Kier alpha value is -2.41. The van der Waals surface area contributed by atoms with Crippen molar-refractivity contribution in [1.29, 1.82) is 0 Å². The van der Waals surface area contributed by atoms with Crippen LogP contribution in [0.15, 0.2) is 36.5 Å². The number of nitrogens with zero attached hydrogens (tertiary/aromatic N) is 1. The molecule has 0 saturated carbocycles. The summed E-state index contributed by atoms with van der Waals surface area (Å²) in [6.07, 6.45) is 57.2. The molecule has 1 amide bonds. The summed E-state index contributed by atoms with van der Waals surface area (Å²) in [5.74, 6) is -0.925. The molecule has 0 aromatic rings. The third-order valence-corrected chi connectivity index (χ3v) is 12.3. The molecule has 7 heteroatoms. The average molecular weight is 899 g/mol. The molecular formula is C57H106N2O5. The van der Waals surface area contributed by atoms with Crippen LogP contribution >= 0.6 is 0 Å². The van der Waals surface area contributed by atoms with E-state index in [1.54, 1.807) is 0 Å². The summed E-state index contributed by atoms with van der Waals surface area (Å²) in [5, 5.41) is 2.93. The monoisotopic (exact) mass is 899 g/mol. The Balaban J connectivity index is 4.83. The highest BCUT2D eigenvalue weighted by Crippen LogP contribution is 2.18. The van der Waals surface area contributed by atoms with Gasteiger partial charge in [0.25, 0.3) is 0 Å².